The normalized spacial score (nSPS) is 15.1. The van der Waals surface area contributed by atoms with E-state index in [1.54, 1.807) is 21.3 Å². The second-order valence-corrected chi connectivity index (χ2v) is 8.04. The summed E-state index contributed by atoms with van der Waals surface area (Å²) in [5.41, 5.74) is 4.44. The van der Waals surface area contributed by atoms with Crippen molar-refractivity contribution in [2.75, 3.05) is 21.3 Å². The lowest BCUT2D eigenvalue weighted by molar-refractivity contribution is 0.184. The van der Waals surface area contributed by atoms with Crippen molar-refractivity contribution in [2.24, 2.45) is 5.10 Å². The van der Waals surface area contributed by atoms with Gasteiger partial charge in [0, 0.05) is 24.2 Å². The Bertz CT molecular complexity index is 1240. The highest BCUT2D eigenvalue weighted by Gasteiger charge is 2.28. The number of phenols is 1. The number of rotatable bonds is 4. The van der Waals surface area contributed by atoms with Crippen molar-refractivity contribution in [2.45, 2.75) is 19.4 Å². The van der Waals surface area contributed by atoms with E-state index in [4.69, 9.17) is 14.6 Å². The lowest BCUT2D eigenvalue weighted by atomic mass is 9.93. The third kappa shape index (κ3) is 4.39. The minimum atomic E-state index is -0.516. The number of hydrogen-bond donors (Lipinski definition) is 2. The number of hydrogen-bond acceptors (Lipinski definition) is 5. The molecule has 0 saturated heterocycles. The summed E-state index contributed by atoms with van der Waals surface area (Å²) in [6.45, 7) is 1.93. The summed E-state index contributed by atoms with van der Waals surface area (Å²) >= 11 is 0. The second kappa shape index (κ2) is 9.43. The van der Waals surface area contributed by atoms with Crippen molar-refractivity contribution in [3.8, 4) is 28.4 Å². The number of hydrazone groups is 1. The van der Waals surface area contributed by atoms with E-state index in [0.29, 0.717) is 29.2 Å². The average molecular weight is 464 g/mol. The van der Waals surface area contributed by atoms with E-state index in [0.717, 1.165) is 28.3 Å². The molecule has 3 aromatic carbocycles. The number of halogens is 1. The molecular weight excluding hydrogens is 437 g/mol. The van der Waals surface area contributed by atoms with E-state index in [9.17, 15) is 14.3 Å². The average Bonchev–Trinajstić information content (AvgIpc) is 2.97. The van der Waals surface area contributed by atoms with Crippen LogP contribution in [0.25, 0.3) is 11.1 Å². The fraction of sp³-hybridized carbons (Fsp3) is 0.231. The van der Waals surface area contributed by atoms with Gasteiger partial charge in [-0.05, 0) is 54.3 Å². The first-order valence-corrected chi connectivity index (χ1v) is 10.8. The molecule has 1 unspecified atom stereocenters. The number of carbonyl (C=O) groups is 1. The summed E-state index contributed by atoms with van der Waals surface area (Å²) in [4.78, 5) is 12.6. The number of urea groups is 1. The number of benzene rings is 3. The van der Waals surface area contributed by atoms with Crippen LogP contribution in [0.15, 0.2) is 59.7 Å². The van der Waals surface area contributed by atoms with Crippen molar-refractivity contribution in [1.82, 2.24) is 10.3 Å². The van der Waals surface area contributed by atoms with E-state index in [1.807, 2.05) is 43.3 Å². The lowest BCUT2D eigenvalue weighted by Crippen LogP contribution is -2.41. The molecule has 7 nitrogen and oxygen atoms in total. The van der Waals surface area contributed by atoms with Crippen LogP contribution in [0.2, 0.25) is 0 Å². The van der Waals surface area contributed by atoms with Crippen LogP contribution < -0.4 is 14.8 Å². The summed E-state index contributed by atoms with van der Waals surface area (Å²) < 4.78 is 24.8. The lowest BCUT2D eigenvalue weighted by Gasteiger charge is -2.22. The summed E-state index contributed by atoms with van der Waals surface area (Å²) in [6.07, 6.45) is 0.566. The van der Waals surface area contributed by atoms with Crippen molar-refractivity contribution in [1.29, 1.82) is 0 Å². The molecule has 0 aliphatic carbocycles. The molecule has 4 rings (SSSR count). The Morgan fingerprint density at radius 1 is 1.03 bits per heavy atom. The summed E-state index contributed by atoms with van der Waals surface area (Å²) in [5.74, 6) is 0.499. The first kappa shape index (κ1) is 23.1. The van der Waals surface area contributed by atoms with E-state index in [2.05, 4.69) is 5.32 Å². The number of amides is 2. The minimum Gasteiger partial charge on any atom is -0.508 e. The highest BCUT2D eigenvalue weighted by molar-refractivity contribution is 6.14. The van der Waals surface area contributed by atoms with E-state index in [1.165, 1.54) is 17.1 Å². The summed E-state index contributed by atoms with van der Waals surface area (Å²) in [5, 5.41) is 18.6. The fourth-order valence-electron chi connectivity index (χ4n) is 4.11. The van der Waals surface area contributed by atoms with Gasteiger partial charge in [0.25, 0.3) is 0 Å². The molecule has 0 fully saturated rings. The molecule has 1 aliphatic heterocycles. The maximum Gasteiger partial charge on any atom is 0.337 e. The molecule has 1 aliphatic rings. The van der Waals surface area contributed by atoms with E-state index < -0.39 is 5.82 Å². The number of methoxy groups -OCH3 is 2. The van der Waals surface area contributed by atoms with Gasteiger partial charge in [0.05, 0.1) is 26.0 Å². The molecule has 0 saturated carbocycles. The third-order valence-electron chi connectivity index (χ3n) is 5.80. The van der Waals surface area contributed by atoms with Gasteiger partial charge in [-0.15, -0.1) is 0 Å². The Morgan fingerprint density at radius 3 is 2.29 bits per heavy atom. The largest absolute Gasteiger partial charge is 0.508 e. The number of nitrogens with zero attached hydrogens (tertiary/aromatic N) is 2. The smallest absolute Gasteiger partial charge is 0.337 e. The predicted molar refractivity (Wildman–Crippen MR) is 128 cm³/mol. The molecule has 0 radical (unpaired) electrons. The number of carbonyl (C=O) groups excluding carboxylic acids is 1. The van der Waals surface area contributed by atoms with Crippen LogP contribution in [0.3, 0.4) is 0 Å². The third-order valence-corrected chi connectivity index (χ3v) is 5.80. The molecule has 0 bridgehead atoms. The van der Waals surface area contributed by atoms with Crippen molar-refractivity contribution in [3.63, 3.8) is 0 Å². The van der Waals surface area contributed by atoms with Crippen molar-refractivity contribution < 1.29 is 23.8 Å². The SMILES string of the molecule is CNC(=O)N1N=C(c2ccc(-c3cc(O)cc(F)c3)cc2)c2cc(OC)c(OC)cc2CC1C. The Balaban J connectivity index is 1.85. The fourth-order valence-corrected chi connectivity index (χ4v) is 4.11. The first-order chi connectivity index (χ1) is 16.3. The highest BCUT2D eigenvalue weighted by atomic mass is 19.1. The molecule has 1 atom stereocenters. The molecule has 34 heavy (non-hydrogen) atoms. The Morgan fingerprint density at radius 2 is 1.68 bits per heavy atom. The number of fused-ring (bicyclic) bond motifs is 1. The number of ether oxygens (including phenoxy) is 2. The molecular formula is C26H26FN3O4. The molecule has 0 spiro atoms. The van der Waals surface area contributed by atoms with Crippen LogP contribution in [-0.4, -0.2) is 49.2 Å². The van der Waals surface area contributed by atoms with Crippen LogP contribution in [-0.2, 0) is 6.42 Å². The van der Waals surface area contributed by atoms with Gasteiger partial charge in [-0.3, -0.25) is 0 Å². The monoisotopic (exact) mass is 463 g/mol. The quantitative estimate of drug-likeness (QED) is 0.595. The first-order valence-electron chi connectivity index (χ1n) is 10.8. The summed E-state index contributed by atoms with van der Waals surface area (Å²) in [6, 6.07) is 14.5. The Labute approximate surface area is 197 Å². The van der Waals surface area contributed by atoms with E-state index in [-0.39, 0.29) is 17.8 Å². The second-order valence-electron chi connectivity index (χ2n) is 8.04. The van der Waals surface area contributed by atoms with Gasteiger partial charge in [0.1, 0.15) is 11.6 Å². The standard InChI is InChI=1S/C26H26FN3O4/c1-15-9-19-12-23(33-3)24(34-4)14-22(19)25(29-30(15)26(32)28-2)17-7-5-16(6-8-17)18-10-20(27)13-21(31)11-18/h5-8,10-15,31H,9H2,1-4H3,(H,28,32). The van der Waals surface area contributed by atoms with Gasteiger partial charge < -0.3 is 19.9 Å². The summed E-state index contributed by atoms with van der Waals surface area (Å²) in [7, 11) is 4.72. The van der Waals surface area contributed by atoms with Gasteiger partial charge in [0.15, 0.2) is 11.5 Å². The molecule has 2 amide bonds. The topological polar surface area (TPSA) is 83.4 Å². The van der Waals surface area contributed by atoms with Crippen LogP contribution in [0.1, 0.15) is 23.6 Å². The Hall–Kier alpha value is -4.07. The Kier molecular flexibility index (Phi) is 6.40. The van der Waals surface area contributed by atoms with Crippen LogP contribution in [0.4, 0.5) is 9.18 Å². The zero-order chi connectivity index (χ0) is 24.4. The predicted octanol–water partition coefficient (Wildman–Crippen LogP) is 4.55. The van der Waals surface area contributed by atoms with Gasteiger partial charge in [0.2, 0.25) is 0 Å². The van der Waals surface area contributed by atoms with E-state index >= 15 is 0 Å². The van der Waals surface area contributed by atoms with Gasteiger partial charge in [-0.1, -0.05) is 24.3 Å². The molecule has 1 heterocycles. The van der Waals surface area contributed by atoms with Crippen LogP contribution in [0, 0.1) is 5.82 Å². The molecule has 176 valence electrons. The number of phenolic OH excluding ortho intramolecular Hbond substituents is 1. The van der Waals surface area contributed by atoms with Crippen molar-refractivity contribution in [3.05, 3.63) is 77.1 Å². The van der Waals surface area contributed by atoms with Crippen LogP contribution in [0.5, 0.6) is 17.2 Å². The minimum absolute atomic E-state index is 0.141. The number of aromatic hydroxyl groups is 1. The molecule has 2 N–H and O–H groups in total. The molecule has 8 heteroatoms. The zero-order valence-electron chi connectivity index (χ0n) is 19.4. The van der Waals surface area contributed by atoms with Crippen LogP contribution >= 0.6 is 0 Å². The van der Waals surface area contributed by atoms with Gasteiger partial charge in [-0.25, -0.2) is 14.2 Å². The molecule has 3 aromatic rings. The van der Waals surface area contributed by atoms with Gasteiger partial charge in [-0.2, -0.15) is 5.10 Å². The maximum absolute atomic E-state index is 13.8. The maximum atomic E-state index is 13.8. The van der Waals surface area contributed by atoms with Gasteiger partial charge >= 0.3 is 6.03 Å². The zero-order valence-corrected chi connectivity index (χ0v) is 19.4. The number of nitrogens with one attached hydrogen (secondary N) is 1. The van der Waals surface area contributed by atoms with Crippen molar-refractivity contribution >= 4 is 11.7 Å². The molecule has 0 aromatic heterocycles. The highest BCUT2D eigenvalue weighted by Crippen LogP contribution is 2.35.